The van der Waals surface area contributed by atoms with Crippen molar-refractivity contribution in [3.05, 3.63) is 94.5 Å². The minimum atomic E-state index is -0.345. The molecule has 4 rings (SSSR count). The molecule has 0 fully saturated rings. The number of hydrogen-bond acceptors (Lipinski definition) is 3. The molecule has 0 aliphatic rings. The molecule has 6 heteroatoms. The maximum atomic E-state index is 13.1. The first kappa shape index (κ1) is 19.4. The number of aryl methyl sites for hydroxylation is 1. The summed E-state index contributed by atoms with van der Waals surface area (Å²) in [6.07, 6.45) is 3.38. The Morgan fingerprint density at radius 3 is 2.36 bits per heavy atom. The van der Waals surface area contributed by atoms with Gasteiger partial charge in [-0.2, -0.15) is 0 Å². The molecule has 0 radical (unpaired) electrons. The second-order valence-corrected chi connectivity index (χ2v) is 5.97. The Morgan fingerprint density at radius 1 is 1.00 bits per heavy atom. The fraction of sp³-hybridized carbons (Fsp3) is 0.182. The topological polar surface area (TPSA) is 48.5 Å². The van der Waals surface area contributed by atoms with Crippen molar-refractivity contribution in [2.45, 2.75) is 27.4 Å². The molecule has 0 N–H and O–H groups in total. The van der Waals surface area contributed by atoms with Gasteiger partial charge in [-0.1, -0.05) is 32.0 Å². The Kier molecular flexibility index (Phi) is 5.89. The van der Waals surface area contributed by atoms with Gasteiger partial charge in [0.15, 0.2) is 0 Å². The summed E-state index contributed by atoms with van der Waals surface area (Å²) >= 11 is 0. The zero-order valence-electron chi connectivity index (χ0n) is 16.1. The molecule has 0 saturated heterocycles. The number of fused-ring (bicyclic) bond motifs is 1. The van der Waals surface area contributed by atoms with Crippen LogP contribution in [0.25, 0.3) is 11.3 Å². The van der Waals surface area contributed by atoms with Crippen LogP contribution in [0.2, 0.25) is 0 Å². The summed E-state index contributed by atoms with van der Waals surface area (Å²) in [5, 5.41) is 0. The number of aromatic nitrogens is 3. The van der Waals surface area contributed by atoms with Crippen LogP contribution >= 0.6 is 0 Å². The number of nitrogens with zero attached hydrogens (tertiary/aromatic N) is 3. The average molecular weight is 379 g/mol. The first-order chi connectivity index (χ1) is 13.6. The van der Waals surface area contributed by atoms with Gasteiger partial charge in [-0.05, 0) is 43.3 Å². The first-order valence-electron chi connectivity index (χ1n) is 9.16. The number of rotatable bonds is 4. The maximum absolute atomic E-state index is 13.1. The molecule has 144 valence electrons. The number of benzene rings is 2. The molecule has 4 aromatic rings. The van der Waals surface area contributed by atoms with Gasteiger partial charge in [0.1, 0.15) is 23.8 Å². The van der Waals surface area contributed by atoms with E-state index in [2.05, 4.69) is 4.98 Å². The van der Waals surface area contributed by atoms with Crippen LogP contribution in [0, 0.1) is 12.7 Å². The summed E-state index contributed by atoms with van der Waals surface area (Å²) in [5.41, 5.74) is 2.40. The van der Waals surface area contributed by atoms with E-state index in [1.54, 1.807) is 24.5 Å². The van der Waals surface area contributed by atoms with Gasteiger partial charge in [0.25, 0.3) is 0 Å². The van der Waals surface area contributed by atoms with Gasteiger partial charge in [0.2, 0.25) is 0 Å². The average Bonchev–Trinajstić information content (AvgIpc) is 3.18. The predicted octanol–water partition coefficient (Wildman–Crippen LogP) is 4.54. The van der Waals surface area contributed by atoms with Crippen molar-refractivity contribution in [2.75, 3.05) is 0 Å². The highest BCUT2D eigenvalue weighted by Gasteiger charge is 2.11. The standard InChI is InChI=1S/C20H16FN3O2.C2H6/c1-14-11-23(17-9-7-15(21)8-10-17)20(25)24-12-16(22-19(14)24)13-26-18-5-3-2-4-6-18;1-2/h2-12H,13H2,1H3;1-2H3. The van der Waals surface area contributed by atoms with E-state index in [0.29, 0.717) is 17.0 Å². The third-order valence-corrected chi connectivity index (χ3v) is 4.08. The van der Waals surface area contributed by atoms with Crippen molar-refractivity contribution in [3.8, 4) is 11.4 Å². The van der Waals surface area contributed by atoms with Gasteiger partial charge in [0, 0.05) is 18.0 Å². The molecule has 0 unspecified atom stereocenters. The molecule has 2 aromatic carbocycles. The van der Waals surface area contributed by atoms with Crippen LogP contribution in [0.5, 0.6) is 5.75 Å². The van der Waals surface area contributed by atoms with Gasteiger partial charge in [0.05, 0.1) is 11.4 Å². The summed E-state index contributed by atoms with van der Waals surface area (Å²) in [6.45, 7) is 6.14. The Bertz CT molecular complexity index is 1120. The summed E-state index contributed by atoms with van der Waals surface area (Å²) in [4.78, 5) is 17.3. The third-order valence-electron chi connectivity index (χ3n) is 4.08. The van der Waals surface area contributed by atoms with E-state index in [9.17, 15) is 9.18 Å². The van der Waals surface area contributed by atoms with Crippen LogP contribution < -0.4 is 10.4 Å². The monoisotopic (exact) mass is 379 g/mol. The molecular formula is C22H22FN3O2. The lowest BCUT2D eigenvalue weighted by Crippen LogP contribution is -2.25. The van der Waals surface area contributed by atoms with Crippen LogP contribution in [0.1, 0.15) is 25.1 Å². The van der Waals surface area contributed by atoms with Crippen molar-refractivity contribution in [3.63, 3.8) is 0 Å². The molecule has 2 heterocycles. The van der Waals surface area contributed by atoms with Crippen molar-refractivity contribution >= 4 is 5.65 Å². The quantitative estimate of drug-likeness (QED) is 0.523. The fourth-order valence-electron chi connectivity index (χ4n) is 2.81. The summed E-state index contributed by atoms with van der Waals surface area (Å²) < 4.78 is 21.8. The van der Waals surface area contributed by atoms with Crippen LogP contribution in [-0.4, -0.2) is 14.0 Å². The molecule has 0 aliphatic carbocycles. The molecule has 28 heavy (non-hydrogen) atoms. The van der Waals surface area contributed by atoms with Gasteiger partial charge in [-0.15, -0.1) is 0 Å². The van der Waals surface area contributed by atoms with Crippen LogP contribution in [0.3, 0.4) is 0 Å². The van der Waals surface area contributed by atoms with Crippen molar-refractivity contribution in [2.24, 2.45) is 0 Å². The molecule has 0 aliphatic heterocycles. The number of imidazole rings is 1. The number of halogens is 1. The zero-order chi connectivity index (χ0) is 20.1. The highest BCUT2D eigenvalue weighted by atomic mass is 19.1. The van der Waals surface area contributed by atoms with Crippen LogP contribution in [0.4, 0.5) is 4.39 Å². The van der Waals surface area contributed by atoms with Crippen molar-refractivity contribution < 1.29 is 9.13 Å². The largest absolute Gasteiger partial charge is 0.487 e. The van der Waals surface area contributed by atoms with Crippen molar-refractivity contribution in [1.82, 2.24) is 14.0 Å². The van der Waals surface area contributed by atoms with E-state index in [1.807, 2.05) is 51.1 Å². The van der Waals surface area contributed by atoms with E-state index in [1.165, 1.54) is 21.1 Å². The smallest absolute Gasteiger partial charge is 0.338 e. The number of ether oxygens (including phenoxy) is 1. The number of para-hydroxylation sites is 1. The lowest BCUT2D eigenvalue weighted by atomic mass is 10.3. The second kappa shape index (κ2) is 8.52. The second-order valence-electron chi connectivity index (χ2n) is 5.97. The molecule has 5 nitrogen and oxygen atoms in total. The van der Waals surface area contributed by atoms with E-state index >= 15 is 0 Å². The molecule has 0 atom stereocenters. The van der Waals surface area contributed by atoms with Gasteiger partial charge in [-0.3, -0.25) is 8.97 Å². The van der Waals surface area contributed by atoms with Gasteiger partial charge in [-0.25, -0.2) is 14.2 Å². The molecule has 0 bridgehead atoms. The lowest BCUT2D eigenvalue weighted by molar-refractivity contribution is 0.302. The lowest BCUT2D eigenvalue weighted by Gasteiger charge is -2.08. The van der Waals surface area contributed by atoms with E-state index in [0.717, 1.165) is 11.3 Å². The van der Waals surface area contributed by atoms with Crippen LogP contribution in [0.15, 0.2) is 71.8 Å². The highest BCUT2D eigenvalue weighted by molar-refractivity contribution is 5.48. The maximum Gasteiger partial charge on any atom is 0.338 e. The van der Waals surface area contributed by atoms with Gasteiger partial charge >= 0.3 is 5.69 Å². The Labute approximate surface area is 162 Å². The molecule has 2 aromatic heterocycles. The SMILES string of the molecule is CC.Cc1cn(-c2ccc(F)cc2)c(=O)n2cc(COc3ccccc3)nc12. The molecular weight excluding hydrogens is 357 g/mol. The predicted molar refractivity (Wildman–Crippen MR) is 108 cm³/mol. The minimum Gasteiger partial charge on any atom is -0.487 e. The van der Waals surface area contributed by atoms with Crippen molar-refractivity contribution in [1.29, 1.82) is 0 Å². The Balaban J connectivity index is 0.00000109. The minimum absolute atomic E-state index is 0.265. The molecule has 0 spiro atoms. The highest BCUT2D eigenvalue weighted by Crippen LogP contribution is 2.14. The third kappa shape index (κ3) is 3.96. The zero-order valence-corrected chi connectivity index (χ0v) is 16.1. The Hall–Kier alpha value is -3.41. The normalized spacial score (nSPS) is 10.4. The summed E-state index contributed by atoms with van der Waals surface area (Å²) in [6, 6.07) is 15.2. The van der Waals surface area contributed by atoms with E-state index < -0.39 is 0 Å². The van der Waals surface area contributed by atoms with E-state index in [4.69, 9.17) is 4.74 Å². The van der Waals surface area contributed by atoms with Crippen LogP contribution in [-0.2, 0) is 6.61 Å². The first-order valence-corrected chi connectivity index (χ1v) is 9.16. The van der Waals surface area contributed by atoms with Gasteiger partial charge < -0.3 is 4.74 Å². The Morgan fingerprint density at radius 2 is 1.68 bits per heavy atom. The fourth-order valence-corrected chi connectivity index (χ4v) is 2.81. The molecule has 0 amide bonds. The number of hydrogen-bond donors (Lipinski definition) is 0. The van der Waals surface area contributed by atoms with E-state index in [-0.39, 0.29) is 18.1 Å². The molecule has 0 saturated carbocycles. The summed E-state index contributed by atoms with van der Waals surface area (Å²) in [7, 11) is 0. The summed E-state index contributed by atoms with van der Waals surface area (Å²) in [5.74, 6) is 0.396.